The molecule has 0 aliphatic rings. The topological polar surface area (TPSA) is 26.3 Å². The molecule has 0 spiro atoms. The Bertz CT molecular complexity index is 633. The summed E-state index contributed by atoms with van der Waals surface area (Å²) in [5, 5.41) is 0. The molecule has 2 nitrogen and oxygen atoms in total. The van der Waals surface area contributed by atoms with Gasteiger partial charge in [0.25, 0.3) is 0 Å². The van der Waals surface area contributed by atoms with Crippen LogP contribution in [0.15, 0.2) is 40.9 Å². The zero-order chi connectivity index (χ0) is 14.7. The van der Waals surface area contributed by atoms with Crippen LogP contribution in [0, 0.1) is 6.92 Å². The molecular formula is C17H17BrO2. The third kappa shape index (κ3) is 3.28. The van der Waals surface area contributed by atoms with E-state index in [2.05, 4.69) is 41.9 Å². The summed E-state index contributed by atoms with van der Waals surface area (Å²) in [6, 6.07) is 11.5. The molecule has 2 aromatic carbocycles. The maximum atomic E-state index is 10.8. The fourth-order valence-corrected chi connectivity index (χ4v) is 2.48. The molecule has 20 heavy (non-hydrogen) atoms. The second-order valence-corrected chi connectivity index (χ2v) is 5.96. The van der Waals surface area contributed by atoms with Crippen LogP contribution in [0.25, 0.3) is 0 Å². The molecule has 0 amide bonds. The third-order valence-corrected chi connectivity index (χ3v) is 3.72. The summed E-state index contributed by atoms with van der Waals surface area (Å²) >= 11 is 3.44. The van der Waals surface area contributed by atoms with E-state index in [1.807, 2.05) is 13.0 Å². The number of benzene rings is 2. The Morgan fingerprint density at radius 3 is 2.45 bits per heavy atom. The van der Waals surface area contributed by atoms with Crippen molar-refractivity contribution in [2.45, 2.75) is 26.7 Å². The molecule has 2 rings (SSSR count). The SMILES string of the molecule is Cc1ccc(C(C)C)c(Oc2ccc(C=O)cc2Br)c1. The van der Waals surface area contributed by atoms with Gasteiger partial charge in [-0.3, -0.25) is 4.79 Å². The highest BCUT2D eigenvalue weighted by atomic mass is 79.9. The standard InChI is InChI=1S/C17H17BrO2/c1-11(2)14-6-4-12(3)8-17(14)20-16-7-5-13(10-19)9-15(16)18/h4-11H,1-3H3. The van der Waals surface area contributed by atoms with E-state index in [1.165, 1.54) is 5.56 Å². The van der Waals surface area contributed by atoms with Crippen LogP contribution in [0.5, 0.6) is 11.5 Å². The highest BCUT2D eigenvalue weighted by Gasteiger charge is 2.11. The van der Waals surface area contributed by atoms with Crippen molar-refractivity contribution in [1.29, 1.82) is 0 Å². The quantitative estimate of drug-likeness (QED) is 0.692. The first kappa shape index (κ1) is 14.8. The molecule has 0 aliphatic heterocycles. The molecule has 104 valence electrons. The largest absolute Gasteiger partial charge is 0.456 e. The van der Waals surface area contributed by atoms with Crippen molar-refractivity contribution in [3.8, 4) is 11.5 Å². The minimum Gasteiger partial charge on any atom is -0.456 e. The number of carbonyl (C=O) groups is 1. The molecule has 0 bridgehead atoms. The minimum absolute atomic E-state index is 0.388. The van der Waals surface area contributed by atoms with Crippen molar-refractivity contribution in [1.82, 2.24) is 0 Å². The predicted octanol–water partition coefficient (Wildman–Crippen LogP) is 5.49. The zero-order valence-corrected chi connectivity index (χ0v) is 13.4. The molecule has 3 heteroatoms. The van der Waals surface area contributed by atoms with E-state index in [1.54, 1.807) is 18.2 Å². The Kier molecular flexibility index (Phi) is 4.61. The van der Waals surface area contributed by atoms with Gasteiger partial charge in [-0.25, -0.2) is 0 Å². The Hall–Kier alpha value is -1.61. The van der Waals surface area contributed by atoms with Crippen molar-refractivity contribution >= 4 is 22.2 Å². The Morgan fingerprint density at radius 2 is 1.85 bits per heavy atom. The first-order chi connectivity index (χ1) is 9.51. The molecule has 0 saturated carbocycles. The van der Waals surface area contributed by atoms with Gasteiger partial charge in [-0.05, 0) is 64.2 Å². The summed E-state index contributed by atoms with van der Waals surface area (Å²) in [7, 11) is 0. The summed E-state index contributed by atoms with van der Waals surface area (Å²) in [5.41, 5.74) is 2.95. The van der Waals surface area contributed by atoms with Crippen molar-refractivity contribution in [3.63, 3.8) is 0 Å². The number of ether oxygens (including phenoxy) is 1. The molecule has 0 radical (unpaired) electrons. The zero-order valence-electron chi connectivity index (χ0n) is 11.8. The average Bonchev–Trinajstić information content (AvgIpc) is 2.40. The van der Waals surface area contributed by atoms with E-state index < -0.39 is 0 Å². The van der Waals surface area contributed by atoms with Crippen molar-refractivity contribution in [3.05, 3.63) is 57.6 Å². The van der Waals surface area contributed by atoms with Crippen molar-refractivity contribution in [2.24, 2.45) is 0 Å². The molecule has 0 N–H and O–H groups in total. The van der Waals surface area contributed by atoms with E-state index >= 15 is 0 Å². The summed E-state index contributed by atoms with van der Waals surface area (Å²) in [6.07, 6.45) is 0.820. The average molecular weight is 333 g/mol. The number of aldehydes is 1. The lowest BCUT2D eigenvalue weighted by Gasteiger charge is -2.15. The van der Waals surface area contributed by atoms with Gasteiger partial charge in [0.05, 0.1) is 4.47 Å². The maximum absolute atomic E-state index is 10.8. The minimum atomic E-state index is 0.388. The maximum Gasteiger partial charge on any atom is 0.150 e. The van der Waals surface area contributed by atoms with Crippen LogP contribution in [-0.4, -0.2) is 6.29 Å². The smallest absolute Gasteiger partial charge is 0.150 e. The number of halogens is 1. The van der Waals surface area contributed by atoms with Crippen molar-refractivity contribution < 1.29 is 9.53 Å². The number of rotatable bonds is 4. The Balaban J connectivity index is 2.39. The predicted molar refractivity (Wildman–Crippen MR) is 84.9 cm³/mol. The second kappa shape index (κ2) is 6.23. The van der Waals surface area contributed by atoms with Gasteiger partial charge in [-0.1, -0.05) is 26.0 Å². The lowest BCUT2D eigenvalue weighted by atomic mass is 10.0. The molecule has 0 atom stereocenters. The molecule has 0 aromatic heterocycles. The Morgan fingerprint density at radius 1 is 1.10 bits per heavy atom. The normalized spacial score (nSPS) is 10.7. The summed E-state index contributed by atoms with van der Waals surface area (Å²) < 4.78 is 6.80. The van der Waals surface area contributed by atoms with Gasteiger partial charge in [-0.15, -0.1) is 0 Å². The lowest BCUT2D eigenvalue weighted by molar-refractivity contribution is 0.112. The van der Waals surface area contributed by atoms with Gasteiger partial charge >= 0.3 is 0 Å². The van der Waals surface area contributed by atoms with E-state index in [0.717, 1.165) is 22.1 Å². The summed E-state index contributed by atoms with van der Waals surface area (Å²) in [5.74, 6) is 1.96. The van der Waals surface area contributed by atoms with Crippen LogP contribution < -0.4 is 4.74 Å². The van der Waals surface area contributed by atoms with Crippen LogP contribution in [0.1, 0.15) is 41.3 Å². The fourth-order valence-electron chi connectivity index (χ4n) is 2.00. The molecular weight excluding hydrogens is 316 g/mol. The van der Waals surface area contributed by atoms with Crippen LogP contribution in [-0.2, 0) is 0 Å². The van der Waals surface area contributed by atoms with Crippen LogP contribution in [0.3, 0.4) is 0 Å². The van der Waals surface area contributed by atoms with E-state index in [0.29, 0.717) is 17.2 Å². The molecule has 0 aliphatic carbocycles. The van der Waals surface area contributed by atoms with Crippen molar-refractivity contribution in [2.75, 3.05) is 0 Å². The molecule has 2 aromatic rings. The van der Waals surface area contributed by atoms with E-state index in [-0.39, 0.29) is 0 Å². The third-order valence-electron chi connectivity index (χ3n) is 3.10. The summed E-state index contributed by atoms with van der Waals surface area (Å²) in [6.45, 7) is 6.33. The lowest BCUT2D eigenvalue weighted by Crippen LogP contribution is -1.95. The fraction of sp³-hybridized carbons (Fsp3) is 0.235. The van der Waals surface area contributed by atoms with Gasteiger partial charge in [0, 0.05) is 5.56 Å². The second-order valence-electron chi connectivity index (χ2n) is 5.11. The van der Waals surface area contributed by atoms with Gasteiger partial charge in [0.2, 0.25) is 0 Å². The molecule has 0 unspecified atom stereocenters. The number of aryl methyl sites for hydroxylation is 1. The van der Waals surface area contributed by atoms with Crippen LogP contribution in [0.2, 0.25) is 0 Å². The Labute approximate surface area is 127 Å². The molecule has 0 saturated heterocycles. The number of hydrogen-bond acceptors (Lipinski definition) is 2. The van der Waals surface area contributed by atoms with Crippen LogP contribution >= 0.6 is 15.9 Å². The highest BCUT2D eigenvalue weighted by molar-refractivity contribution is 9.10. The highest BCUT2D eigenvalue weighted by Crippen LogP contribution is 2.35. The van der Waals surface area contributed by atoms with Gasteiger partial charge < -0.3 is 4.74 Å². The molecule has 0 heterocycles. The summed E-state index contributed by atoms with van der Waals surface area (Å²) in [4.78, 5) is 10.8. The number of carbonyl (C=O) groups excluding carboxylic acids is 1. The van der Waals surface area contributed by atoms with Gasteiger partial charge in [-0.2, -0.15) is 0 Å². The van der Waals surface area contributed by atoms with Crippen LogP contribution in [0.4, 0.5) is 0 Å². The monoisotopic (exact) mass is 332 g/mol. The van der Waals surface area contributed by atoms with E-state index in [4.69, 9.17) is 4.74 Å². The molecule has 0 fully saturated rings. The van der Waals surface area contributed by atoms with E-state index in [9.17, 15) is 4.79 Å². The first-order valence-corrected chi connectivity index (χ1v) is 7.33. The van der Waals surface area contributed by atoms with Gasteiger partial charge in [0.15, 0.2) is 0 Å². The van der Waals surface area contributed by atoms with Gasteiger partial charge in [0.1, 0.15) is 17.8 Å². The first-order valence-electron chi connectivity index (χ1n) is 6.54. The number of hydrogen-bond donors (Lipinski definition) is 0.